The Bertz CT molecular complexity index is 1800. The van der Waals surface area contributed by atoms with Gasteiger partial charge in [0.05, 0.1) is 11.6 Å². The summed E-state index contributed by atoms with van der Waals surface area (Å²) in [6.07, 6.45) is -2.45. The van der Waals surface area contributed by atoms with E-state index in [2.05, 4.69) is 4.72 Å². The van der Waals surface area contributed by atoms with Crippen LogP contribution in [0, 0.1) is 11.6 Å². The molecule has 52 heavy (non-hydrogen) atoms. The summed E-state index contributed by atoms with van der Waals surface area (Å²) in [5.74, 6) is -4.38. The molecular weight excluding hydrogens is 745 g/mol. The van der Waals surface area contributed by atoms with Gasteiger partial charge in [-0.25, -0.2) is 26.7 Å². The zero-order valence-electron chi connectivity index (χ0n) is 29.3. The molecule has 3 aromatic rings. The third-order valence-corrected chi connectivity index (χ3v) is 10.0. The number of nitrogens with one attached hydrogen (secondary N) is 1. The molecule has 284 valence electrons. The van der Waals surface area contributed by atoms with Crippen LogP contribution >= 0.6 is 23.2 Å². The number of rotatable bonds is 18. The predicted molar refractivity (Wildman–Crippen MR) is 193 cm³/mol. The van der Waals surface area contributed by atoms with Crippen molar-refractivity contribution in [3.63, 3.8) is 0 Å². The fraction of sp³-hybridized carbons (Fsp3) is 0.400. The molecule has 3 aromatic carbocycles. The van der Waals surface area contributed by atoms with Crippen LogP contribution in [0.15, 0.2) is 71.6 Å². The van der Waals surface area contributed by atoms with E-state index in [0.29, 0.717) is 16.5 Å². The van der Waals surface area contributed by atoms with E-state index in [1.807, 2.05) is 0 Å². The van der Waals surface area contributed by atoms with Crippen molar-refractivity contribution in [2.45, 2.75) is 70.5 Å². The van der Waals surface area contributed by atoms with Gasteiger partial charge in [0.15, 0.2) is 17.9 Å². The molecule has 0 bridgehead atoms. The molecule has 3 amide bonds. The predicted octanol–water partition coefficient (Wildman–Crippen LogP) is 6.16. The molecule has 12 nitrogen and oxygen atoms in total. The molecule has 0 fully saturated rings. The lowest BCUT2D eigenvalue weighted by molar-refractivity contribution is -0.162. The second kappa shape index (κ2) is 19.3. The van der Waals surface area contributed by atoms with Crippen LogP contribution in [0.2, 0.25) is 10.0 Å². The Morgan fingerprint density at radius 2 is 1.50 bits per heavy atom. The Kier molecular flexibility index (Phi) is 15.8. The van der Waals surface area contributed by atoms with Gasteiger partial charge in [0.1, 0.15) is 17.0 Å². The first-order valence-corrected chi connectivity index (χ1v) is 18.6. The van der Waals surface area contributed by atoms with E-state index in [-0.39, 0.29) is 35.5 Å². The summed E-state index contributed by atoms with van der Waals surface area (Å²) in [5.41, 5.74) is 0.150. The average Bonchev–Trinajstić information content (AvgIpc) is 3.08. The first-order valence-electron chi connectivity index (χ1n) is 16.3. The summed E-state index contributed by atoms with van der Waals surface area (Å²) in [4.78, 5) is 44.4. The summed E-state index contributed by atoms with van der Waals surface area (Å²) in [5, 5.41) is 10.4. The molecule has 0 aliphatic rings. The summed E-state index contributed by atoms with van der Waals surface area (Å²) in [6.45, 7) is 7.49. The van der Waals surface area contributed by atoms with Crippen LogP contribution in [0.5, 0.6) is 0 Å². The van der Waals surface area contributed by atoms with Gasteiger partial charge in [-0.05, 0) is 70.5 Å². The number of nitrogens with zero attached hydrogens (tertiary/aromatic N) is 3. The van der Waals surface area contributed by atoms with E-state index < -0.39 is 82.0 Å². The van der Waals surface area contributed by atoms with E-state index in [4.69, 9.17) is 32.7 Å². The van der Waals surface area contributed by atoms with Crippen molar-refractivity contribution in [2.24, 2.45) is 0 Å². The van der Waals surface area contributed by atoms with E-state index in [1.54, 1.807) is 58.0 Å². The third kappa shape index (κ3) is 11.1. The topological polar surface area (TPSA) is 146 Å². The van der Waals surface area contributed by atoms with Gasteiger partial charge in [0.2, 0.25) is 15.9 Å². The number of hydrogen-bond donors (Lipinski definition) is 2. The SMILES string of the molecule is CCOC(CN(C(=O)C(C)N(C(=O)C(CNS(=O)(=O)c1ccc(Cl)cc1Cl)N(Cc1ccccc1)C(=O)O)c1ccc(F)c(F)c1)C(C)C)OCC. The lowest BCUT2D eigenvalue weighted by Crippen LogP contribution is -2.60. The zero-order valence-corrected chi connectivity index (χ0v) is 31.6. The quantitative estimate of drug-likeness (QED) is 0.146. The number of carboxylic acid groups (broad SMARTS) is 1. The maximum absolute atomic E-state index is 14.8. The van der Waals surface area contributed by atoms with Crippen LogP contribution in [0.1, 0.15) is 40.2 Å². The highest BCUT2D eigenvalue weighted by atomic mass is 35.5. The highest BCUT2D eigenvalue weighted by Gasteiger charge is 2.40. The Morgan fingerprint density at radius 3 is 2.04 bits per heavy atom. The Hall–Kier alpha value is -3.86. The van der Waals surface area contributed by atoms with E-state index in [1.165, 1.54) is 24.0 Å². The zero-order chi connectivity index (χ0) is 38.7. The molecule has 0 aliphatic heterocycles. The molecule has 17 heteroatoms. The van der Waals surface area contributed by atoms with Gasteiger partial charge in [-0.3, -0.25) is 19.4 Å². The number of benzene rings is 3. The maximum atomic E-state index is 14.8. The highest BCUT2D eigenvalue weighted by Crippen LogP contribution is 2.27. The second-order valence-corrected chi connectivity index (χ2v) is 14.3. The van der Waals surface area contributed by atoms with Crippen molar-refractivity contribution >= 4 is 56.8 Å². The first kappa shape index (κ1) is 42.6. The molecule has 2 atom stereocenters. The second-order valence-electron chi connectivity index (χ2n) is 11.7. The van der Waals surface area contributed by atoms with Gasteiger partial charge >= 0.3 is 6.09 Å². The summed E-state index contributed by atoms with van der Waals surface area (Å²) >= 11 is 12.1. The molecule has 2 N–H and O–H groups in total. The fourth-order valence-corrected chi connectivity index (χ4v) is 7.12. The van der Waals surface area contributed by atoms with Crippen molar-refractivity contribution in [3.8, 4) is 0 Å². The standard InChI is InChI=1S/C35H42Cl2F2N4O8S/c1-6-50-32(51-7-2)21-41(22(3)4)33(44)23(5)43(26-14-15-28(38)29(39)18-26)34(45)30(42(35(46)47)20-24-11-9-8-10-12-24)19-40-52(48,49)31-16-13-25(36)17-27(31)37/h8-18,22-23,30,32,40H,6-7,19-21H2,1-5H3,(H,46,47). The van der Waals surface area contributed by atoms with Crippen molar-refractivity contribution < 1.29 is 46.2 Å². The molecule has 0 heterocycles. The lowest BCUT2D eigenvalue weighted by atomic mass is 10.1. The number of anilines is 1. The maximum Gasteiger partial charge on any atom is 0.408 e. The van der Waals surface area contributed by atoms with Crippen LogP contribution < -0.4 is 9.62 Å². The van der Waals surface area contributed by atoms with E-state index >= 15 is 0 Å². The third-order valence-electron chi connectivity index (χ3n) is 7.87. The normalized spacial score (nSPS) is 12.8. The number of hydrogen-bond acceptors (Lipinski definition) is 7. The number of amides is 3. The molecule has 2 unspecified atom stereocenters. The molecule has 0 aliphatic carbocycles. The van der Waals surface area contributed by atoms with Gasteiger partial charge in [-0.15, -0.1) is 0 Å². The van der Waals surface area contributed by atoms with Crippen molar-refractivity contribution in [1.29, 1.82) is 0 Å². The van der Waals surface area contributed by atoms with Crippen LogP contribution in [-0.2, 0) is 35.6 Å². The van der Waals surface area contributed by atoms with Gasteiger partial charge in [-0.2, -0.15) is 0 Å². The number of carbonyl (C=O) groups is 3. The van der Waals surface area contributed by atoms with Crippen molar-refractivity contribution in [3.05, 3.63) is 94.0 Å². The van der Waals surface area contributed by atoms with E-state index in [0.717, 1.165) is 23.1 Å². The Balaban J connectivity index is 2.18. The fourth-order valence-electron chi connectivity index (χ4n) is 5.31. The Labute approximate surface area is 312 Å². The smallest absolute Gasteiger partial charge is 0.408 e. The molecule has 3 rings (SSSR count). The molecule has 0 spiro atoms. The van der Waals surface area contributed by atoms with Gasteiger partial charge in [0.25, 0.3) is 5.91 Å². The van der Waals surface area contributed by atoms with Gasteiger partial charge < -0.3 is 19.5 Å². The first-order chi connectivity index (χ1) is 24.5. The van der Waals surface area contributed by atoms with Crippen LogP contribution in [-0.4, -0.2) is 92.0 Å². The average molecular weight is 788 g/mol. The molecular formula is C35H42Cl2F2N4O8S. The Morgan fingerprint density at radius 1 is 0.865 bits per heavy atom. The van der Waals surface area contributed by atoms with Crippen molar-refractivity contribution in [2.75, 3.05) is 31.2 Å². The minimum Gasteiger partial charge on any atom is -0.465 e. The number of sulfonamides is 1. The summed E-state index contributed by atoms with van der Waals surface area (Å²) in [6, 6.07) is 10.5. The number of carbonyl (C=O) groups excluding carboxylic acids is 2. The molecule has 0 saturated carbocycles. The molecule has 0 aromatic heterocycles. The highest BCUT2D eigenvalue weighted by molar-refractivity contribution is 7.89. The number of halogens is 4. The molecule has 0 radical (unpaired) electrons. The minimum absolute atomic E-state index is 0.0668. The summed E-state index contributed by atoms with van der Waals surface area (Å²) in [7, 11) is -4.50. The minimum atomic E-state index is -4.50. The van der Waals surface area contributed by atoms with Crippen LogP contribution in [0.4, 0.5) is 19.3 Å². The lowest BCUT2D eigenvalue weighted by Gasteiger charge is -2.39. The largest absolute Gasteiger partial charge is 0.465 e. The van der Waals surface area contributed by atoms with Crippen LogP contribution in [0.25, 0.3) is 0 Å². The molecule has 0 saturated heterocycles. The monoisotopic (exact) mass is 786 g/mol. The van der Waals surface area contributed by atoms with Gasteiger partial charge in [0, 0.05) is 49.1 Å². The van der Waals surface area contributed by atoms with Crippen LogP contribution in [0.3, 0.4) is 0 Å². The number of ether oxygens (including phenoxy) is 2. The summed E-state index contributed by atoms with van der Waals surface area (Å²) < 4.78 is 69.4. The van der Waals surface area contributed by atoms with Gasteiger partial charge in [-0.1, -0.05) is 53.5 Å². The van der Waals surface area contributed by atoms with E-state index in [9.17, 15) is 36.7 Å². The van der Waals surface area contributed by atoms with Crippen molar-refractivity contribution in [1.82, 2.24) is 14.5 Å².